The van der Waals surface area contributed by atoms with Crippen LogP contribution in [0, 0.1) is 5.82 Å². The van der Waals surface area contributed by atoms with Crippen molar-refractivity contribution in [3.8, 4) is 0 Å². The van der Waals surface area contributed by atoms with E-state index in [0.717, 1.165) is 36.7 Å². The number of H-pyrrole nitrogens is 1. The summed E-state index contributed by atoms with van der Waals surface area (Å²) in [5.74, 6) is -0.297. The number of piperidine rings is 1. The number of nitrogens with one attached hydrogen (secondary N) is 1. The van der Waals surface area contributed by atoms with Crippen molar-refractivity contribution in [1.29, 1.82) is 0 Å². The summed E-state index contributed by atoms with van der Waals surface area (Å²) in [4.78, 5) is 40.8. The average Bonchev–Trinajstić information content (AvgIpc) is 3.13. The average molecular weight is 413 g/mol. The van der Waals surface area contributed by atoms with Gasteiger partial charge in [0.05, 0.1) is 30.7 Å². The van der Waals surface area contributed by atoms with Crippen molar-refractivity contribution in [1.82, 2.24) is 19.9 Å². The second-order valence-electron chi connectivity index (χ2n) is 8.24. The molecule has 1 amide bonds. The molecule has 4 heterocycles. The molecule has 0 aromatic carbocycles. The first-order valence-electron chi connectivity index (χ1n) is 10.4. The highest BCUT2D eigenvalue weighted by Gasteiger charge is 2.45. The standard InChI is InChI=1S/C21H24FN5O3/c22-16-13-23-6-2-14(16)19(29)26-7-4-21(5-8-26)3-1-15-17(21)24-20(25-18(15)28)27-9-11-30-12-10-27/h2,6,13H,1,3-5,7-12H2,(H,24,25,28). The number of morpholine rings is 1. The van der Waals surface area contributed by atoms with E-state index in [2.05, 4.69) is 14.9 Å². The first-order chi connectivity index (χ1) is 14.6. The minimum Gasteiger partial charge on any atom is -0.378 e. The second kappa shape index (κ2) is 7.46. The van der Waals surface area contributed by atoms with Crippen LogP contribution in [0.3, 0.4) is 0 Å². The number of amides is 1. The summed E-state index contributed by atoms with van der Waals surface area (Å²) < 4.78 is 19.4. The zero-order valence-electron chi connectivity index (χ0n) is 16.7. The van der Waals surface area contributed by atoms with Crippen LogP contribution in [0.5, 0.6) is 0 Å². The highest BCUT2D eigenvalue weighted by Crippen LogP contribution is 2.44. The highest BCUT2D eigenvalue weighted by molar-refractivity contribution is 5.94. The van der Waals surface area contributed by atoms with Crippen LogP contribution in [0.15, 0.2) is 23.3 Å². The summed E-state index contributed by atoms with van der Waals surface area (Å²) in [6, 6.07) is 1.42. The van der Waals surface area contributed by atoms with Gasteiger partial charge in [-0.1, -0.05) is 0 Å². The third-order valence-corrected chi connectivity index (χ3v) is 6.68. The fraction of sp³-hybridized carbons (Fsp3) is 0.524. The number of rotatable bonds is 2. The molecular formula is C21H24FN5O3. The fourth-order valence-corrected chi connectivity index (χ4v) is 4.91. The molecule has 30 heavy (non-hydrogen) atoms. The van der Waals surface area contributed by atoms with Crippen LogP contribution in [0.2, 0.25) is 0 Å². The summed E-state index contributed by atoms with van der Waals surface area (Å²) in [6.45, 7) is 3.68. The van der Waals surface area contributed by atoms with Crippen LogP contribution in [-0.4, -0.2) is 65.2 Å². The van der Waals surface area contributed by atoms with E-state index in [9.17, 15) is 14.0 Å². The quantitative estimate of drug-likeness (QED) is 0.797. The maximum Gasteiger partial charge on any atom is 0.256 e. The third-order valence-electron chi connectivity index (χ3n) is 6.68. The lowest BCUT2D eigenvalue weighted by Crippen LogP contribution is -2.45. The number of hydrogen-bond donors (Lipinski definition) is 1. The van der Waals surface area contributed by atoms with E-state index in [1.165, 1.54) is 12.3 Å². The number of hydrogen-bond acceptors (Lipinski definition) is 6. The summed E-state index contributed by atoms with van der Waals surface area (Å²) in [6.07, 6.45) is 5.49. The molecule has 8 nitrogen and oxygen atoms in total. The predicted octanol–water partition coefficient (Wildman–Crippen LogP) is 1.26. The molecule has 0 unspecified atom stereocenters. The van der Waals surface area contributed by atoms with E-state index in [4.69, 9.17) is 9.72 Å². The lowest BCUT2D eigenvalue weighted by atomic mass is 9.76. The molecule has 3 aliphatic rings. The first kappa shape index (κ1) is 19.2. The molecule has 158 valence electrons. The first-order valence-corrected chi connectivity index (χ1v) is 10.4. The van der Waals surface area contributed by atoms with Gasteiger partial charge in [-0.3, -0.25) is 19.6 Å². The lowest BCUT2D eigenvalue weighted by Gasteiger charge is -2.39. The number of pyridine rings is 1. The van der Waals surface area contributed by atoms with Gasteiger partial charge >= 0.3 is 0 Å². The normalized spacial score (nSPS) is 20.4. The van der Waals surface area contributed by atoms with Gasteiger partial charge in [0.1, 0.15) is 0 Å². The van der Waals surface area contributed by atoms with E-state index in [1.807, 2.05) is 0 Å². The number of carbonyl (C=O) groups is 1. The Morgan fingerprint density at radius 2 is 1.93 bits per heavy atom. The Labute approximate surface area is 173 Å². The number of ether oxygens (including phenoxy) is 1. The van der Waals surface area contributed by atoms with Gasteiger partial charge in [-0.2, -0.15) is 0 Å². The maximum absolute atomic E-state index is 14.0. The van der Waals surface area contributed by atoms with Gasteiger partial charge in [0.25, 0.3) is 11.5 Å². The van der Waals surface area contributed by atoms with Crippen molar-refractivity contribution in [3.63, 3.8) is 0 Å². The number of fused-ring (bicyclic) bond motifs is 2. The second-order valence-corrected chi connectivity index (χ2v) is 8.24. The number of halogens is 1. The summed E-state index contributed by atoms with van der Waals surface area (Å²) in [7, 11) is 0. The van der Waals surface area contributed by atoms with E-state index >= 15 is 0 Å². The zero-order chi connectivity index (χ0) is 20.7. The van der Waals surface area contributed by atoms with Crippen LogP contribution < -0.4 is 10.5 Å². The Morgan fingerprint density at radius 1 is 1.17 bits per heavy atom. The number of carbonyl (C=O) groups excluding carboxylic acids is 1. The van der Waals surface area contributed by atoms with Crippen molar-refractivity contribution in [2.75, 3.05) is 44.3 Å². The highest BCUT2D eigenvalue weighted by atomic mass is 19.1. The smallest absolute Gasteiger partial charge is 0.256 e. The van der Waals surface area contributed by atoms with Crippen LogP contribution in [0.4, 0.5) is 10.3 Å². The van der Waals surface area contributed by atoms with Gasteiger partial charge in [-0.25, -0.2) is 9.37 Å². The molecule has 0 bridgehead atoms. The number of anilines is 1. The van der Waals surface area contributed by atoms with Crippen LogP contribution >= 0.6 is 0 Å². The van der Waals surface area contributed by atoms with Crippen LogP contribution in [0.25, 0.3) is 0 Å². The summed E-state index contributed by atoms with van der Waals surface area (Å²) >= 11 is 0. The van der Waals surface area contributed by atoms with Crippen molar-refractivity contribution < 1.29 is 13.9 Å². The molecule has 1 aliphatic carbocycles. The summed E-state index contributed by atoms with van der Waals surface area (Å²) in [5.41, 5.74) is 1.45. The number of nitrogens with zero attached hydrogens (tertiary/aromatic N) is 4. The SMILES string of the molecule is O=C(c1ccncc1F)N1CCC2(CCc3c2nc(N2CCOCC2)[nH]c3=O)CC1. The Balaban J connectivity index is 1.38. The number of aromatic nitrogens is 3. The van der Waals surface area contributed by atoms with E-state index in [0.29, 0.717) is 51.8 Å². The fourth-order valence-electron chi connectivity index (χ4n) is 4.91. The zero-order valence-corrected chi connectivity index (χ0v) is 16.7. The van der Waals surface area contributed by atoms with E-state index in [1.54, 1.807) is 4.90 Å². The van der Waals surface area contributed by atoms with Gasteiger partial charge in [0.2, 0.25) is 5.95 Å². The predicted molar refractivity (Wildman–Crippen MR) is 107 cm³/mol. The Bertz CT molecular complexity index is 1030. The molecule has 1 spiro atoms. The number of likely N-dealkylation sites (tertiary alicyclic amines) is 1. The number of aromatic amines is 1. The van der Waals surface area contributed by atoms with Gasteiger partial charge in [0, 0.05) is 43.4 Å². The van der Waals surface area contributed by atoms with Gasteiger partial charge in [-0.15, -0.1) is 0 Å². The molecule has 0 radical (unpaired) electrons. The lowest BCUT2D eigenvalue weighted by molar-refractivity contribution is 0.0658. The Hall–Kier alpha value is -2.81. The third kappa shape index (κ3) is 3.17. The Kier molecular flexibility index (Phi) is 4.77. The molecule has 2 aromatic heterocycles. The minimum atomic E-state index is -0.600. The molecule has 9 heteroatoms. The molecule has 2 aliphatic heterocycles. The van der Waals surface area contributed by atoms with Crippen molar-refractivity contribution in [2.24, 2.45) is 0 Å². The van der Waals surface area contributed by atoms with Crippen molar-refractivity contribution in [3.05, 3.63) is 51.5 Å². The monoisotopic (exact) mass is 413 g/mol. The molecule has 5 rings (SSSR count). The molecule has 2 aromatic rings. The van der Waals surface area contributed by atoms with Gasteiger partial charge in [-0.05, 0) is 31.7 Å². The van der Waals surface area contributed by atoms with E-state index < -0.39 is 5.82 Å². The minimum absolute atomic E-state index is 0.0527. The summed E-state index contributed by atoms with van der Waals surface area (Å²) in [5, 5.41) is 0. The Morgan fingerprint density at radius 3 is 2.67 bits per heavy atom. The molecule has 1 N–H and O–H groups in total. The largest absolute Gasteiger partial charge is 0.378 e. The molecule has 2 saturated heterocycles. The van der Waals surface area contributed by atoms with Gasteiger partial charge < -0.3 is 14.5 Å². The molecule has 0 saturated carbocycles. The van der Waals surface area contributed by atoms with E-state index in [-0.39, 0.29) is 22.4 Å². The molecule has 0 atom stereocenters. The molecule has 2 fully saturated rings. The van der Waals surface area contributed by atoms with Crippen LogP contribution in [0.1, 0.15) is 40.9 Å². The van der Waals surface area contributed by atoms with Crippen LogP contribution in [-0.2, 0) is 16.6 Å². The molecular weight excluding hydrogens is 389 g/mol. The topological polar surface area (TPSA) is 91.4 Å². The van der Waals surface area contributed by atoms with Gasteiger partial charge in [0.15, 0.2) is 5.82 Å². The van der Waals surface area contributed by atoms with Crippen molar-refractivity contribution in [2.45, 2.75) is 31.1 Å². The maximum atomic E-state index is 14.0. The van der Waals surface area contributed by atoms with Crippen molar-refractivity contribution >= 4 is 11.9 Å².